The maximum absolute atomic E-state index is 5.73. The van der Waals surface area contributed by atoms with E-state index in [0.29, 0.717) is 6.10 Å². The van der Waals surface area contributed by atoms with Crippen LogP contribution in [0, 0.1) is 11.8 Å². The third kappa shape index (κ3) is 1.18. The summed E-state index contributed by atoms with van der Waals surface area (Å²) in [5.41, 5.74) is 3.21. The van der Waals surface area contributed by atoms with Crippen molar-refractivity contribution in [3.63, 3.8) is 0 Å². The third-order valence-corrected chi connectivity index (χ3v) is 3.55. The van der Waals surface area contributed by atoms with Gasteiger partial charge in [0.05, 0.1) is 6.10 Å². The lowest BCUT2D eigenvalue weighted by Gasteiger charge is -2.31. The van der Waals surface area contributed by atoms with Crippen LogP contribution in [0.2, 0.25) is 0 Å². The quantitative estimate of drug-likeness (QED) is 0.628. The molecule has 0 amide bonds. The van der Waals surface area contributed by atoms with Crippen LogP contribution >= 0.6 is 0 Å². The molecule has 0 aromatic rings. The van der Waals surface area contributed by atoms with E-state index < -0.39 is 0 Å². The Morgan fingerprint density at radius 2 is 2.23 bits per heavy atom. The maximum atomic E-state index is 5.73. The summed E-state index contributed by atoms with van der Waals surface area (Å²) in [6.45, 7) is 3.27. The van der Waals surface area contributed by atoms with Gasteiger partial charge in [0.15, 0.2) is 0 Å². The molecule has 0 saturated carbocycles. The molecule has 3 atom stereocenters. The van der Waals surface area contributed by atoms with Crippen LogP contribution in [-0.4, -0.2) is 12.7 Å². The predicted molar refractivity (Wildman–Crippen MR) is 52.4 cm³/mol. The first kappa shape index (κ1) is 7.81. The van der Waals surface area contributed by atoms with Crippen molar-refractivity contribution in [1.82, 2.24) is 0 Å². The molecule has 2 aliphatic carbocycles. The first-order valence-electron chi connectivity index (χ1n) is 5.40. The van der Waals surface area contributed by atoms with Crippen LogP contribution in [0.5, 0.6) is 0 Å². The highest BCUT2D eigenvalue weighted by Crippen LogP contribution is 2.47. The van der Waals surface area contributed by atoms with E-state index in [-0.39, 0.29) is 0 Å². The van der Waals surface area contributed by atoms with Gasteiger partial charge in [-0.1, -0.05) is 19.1 Å². The zero-order valence-corrected chi connectivity index (χ0v) is 8.12. The number of ether oxygens (including phenoxy) is 1. The Morgan fingerprint density at radius 3 is 2.69 bits per heavy atom. The Labute approximate surface area is 79.5 Å². The van der Waals surface area contributed by atoms with Gasteiger partial charge in [0.1, 0.15) is 0 Å². The molecule has 0 N–H and O–H groups in total. The smallest absolute Gasteiger partial charge is 0.0647 e. The van der Waals surface area contributed by atoms with E-state index in [0.717, 1.165) is 18.4 Å². The Hall–Kier alpha value is -0.560. The van der Waals surface area contributed by atoms with Gasteiger partial charge >= 0.3 is 0 Å². The van der Waals surface area contributed by atoms with Crippen LogP contribution < -0.4 is 0 Å². The van der Waals surface area contributed by atoms with E-state index in [1.807, 2.05) is 0 Å². The van der Waals surface area contributed by atoms with Gasteiger partial charge < -0.3 is 4.74 Å². The minimum atomic E-state index is 0.550. The second-order valence-electron chi connectivity index (χ2n) is 4.46. The standard InChI is InChI=1S/C12H16O/c1-8-7-11(8)9-4-5-10(9)12-3-2-6-13-12/h4,7-8,10,12H,2-3,5-6H2,1H3. The van der Waals surface area contributed by atoms with Crippen LogP contribution in [0.4, 0.5) is 0 Å². The summed E-state index contributed by atoms with van der Waals surface area (Å²) in [5.74, 6) is 1.51. The molecule has 0 aromatic carbocycles. The lowest BCUT2D eigenvalue weighted by atomic mass is 9.77. The predicted octanol–water partition coefficient (Wildman–Crippen LogP) is 2.69. The fourth-order valence-corrected chi connectivity index (χ4v) is 2.56. The number of rotatable bonds is 2. The van der Waals surface area contributed by atoms with Crippen molar-refractivity contribution in [2.45, 2.75) is 32.3 Å². The first-order chi connectivity index (χ1) is 6.36. The van der Waals surface area contributed by atoms with Crippen molar-refractivity contribution in [2.75, 3.05) is 6.61 Å². The topological polar surface area (TPSA) is 9.23 Å². The summed E-state index contributed by atoms with van der Waals surface area (Å²) in [5, 5.41) is 0. The first-order valence-corrected chi connectivity index (χ1v) is 5.40. The Bertz CT molecular complexity index is 281. The second-order valence-corrected chi connectivity index (χ2v) is 4.46. The average Bonchev–Trinajstić information content (AvgIpc) is 2.60. The molecule has 3 aliphatic rings. The van der Waals surface area contributed by atoms with Gasteiger partial charge in [0.2, 0.25) is 0 Å². The molecule has 0 radical (unpaired) electrons. The highest BCUT2D eigenvalue weighted by atomic mass is 16.5. The second kappa shape index (κ2) is 2.71. The minimum absolute atomic E-state index is 0.550. The van der Waals surface area contributed by atoms with Gasteiger partial charge in [0.25, 0.3) is 0 Å². The molecular weight excluding hydrogens is 160 g/mol. The third-order valence-electron chi connectivity index (χ3n) is 3.55. The minimum Gasteiger partial charge on any atom is -0.378 e. The maximum Gasteiger partial charge on any atom is 0.0647 e. The van der Waals surface area contributed by atoms with Crippen LogP contribution in [0.25, 0.3) is 0 Å². The van der Waals surface area contributed by atoms with Crippen molar-refractivity contribution in [3.8, 4) is 0 Å². The molecule has 3 unspecified atom stereocenters. The van der Waals surface area contributed by atoms with Crippen LogP contribution in [-0.2, 0) is 4.74 Å². The zero-order chi connectivity index (χ0) is 8.84. The van der Waals surface area contributed by atoms with Crippen molar-refractivity contribution in [1.29, 1.82) is 0 Å². The van der Waals surface area contributed by atoms with Crippen molar-refractivity contribution in [3.05, 3.63) is 23.3 Å². The van der Waals surface area contributed by atoms with E-state index in [9.17, 15) is 0 Å². The summed E-state index contributed by atoms with van der Waals surface area (Å²) in [4.78, 5) is 0. The van der Waals surface area contributed by atoms with Gasteiger partial charge in [-0.3, -0.25) is 0 Å². The van der Waals surface area contributed by atoms with E-state index in [2.05, 4.69) is 19.1 Å². The lowest BCUT2D eigenvalue weighted by molar-refractivity contribution is 0.0710. The normalized spacial score (nSPS) is 42.4. The summed E-state index contributed by atoms with van der Waals surface area (Å²) in [6, 6.07) is 0. The Kier molecular flexibility index (Phi) is 1.63. The number of hydrogen-bond acceptors (Lipinski definition) is 1. The molecule has 1 aliphatic heterocycles. The zero-order valence-electron chi connectivity index (χ0n) is 8.12. The SMILES string of the molecule is CC1C=C1C1=CCC1C1CCCO1. The number of hydrogen-bond donors (Lipinski definition) is 0. The molecule has 1 heterocycles. The van der Waals surface area contributed by atoms with Gasteiger partial charge in [-0.15, -0.1) is 0 Å². The van der Waals surface area contributed by atoms with Crippen LogP contribution in [0.15, 0.2) is 23.3 Å². The Morgan fingerprint density at radius 1 is 1.38 bits per heavy atom. The van der Waals surface area contributed by atoms with Crippen molar-refractivity contribution >= 4 is 0 Å². The molecule has 1 nitrogen and oxygen atoms in total. The lowest BCUT2D eigenvalue weighted by Crippen LogP contribution is -2.26. The molecule has 1 fully saturated rings. The summed E-state index contributed by atoms with van der Waals surface area (Å²) in [6.07, 6.45) is 9.11. The molecule has 0 spiro atoms. The molecule has 1 saturated heterocycles. The van der Waals surface area contributed by atoms with Crippen LogP contribution in [0.1, 0.15) is 26.2 Å². The fraction of sp³-hybridized carbons (Fsp3) is 0.667. The van der Waals surface area contributed by atoms with Gasteiger partial charge in [-0.05, 0) is 36.3 Å². The van der Waals surface area contributed by atoms with Gasteiger partial charge in [-0.2, -0.15) is 0 Å². The van der Waals surface area contributed by atoms with E-state index in [1.54, 1.807) is 11.1 Å². The molecule has 0 aromatic heterocycles. The summed E-state index contributed by atoms with van der Waals surface area (Å²) >= 11 is 0. The highest BCUT2D eigenvalue weighted by Gasteiger charge is 2.38. The van der Waals surface area contributed by atoms with Gasteiger partial charge in [0, 0.05) is 12.5 Å². The average molecular weight is 176 g/mol. The molecule has 3 rings (SSSR count). The monoisotopic (exact) mass is 176 g/mol. The molecule has 0 bridgehead atoms. The summed E-state index contributed by atoms with van der Waals surface area (Å²) in [7, 11) is 0. The number of allylic oxidation sites excluding steroid dienone is 3. The van der Waals surface area contributed by atoms with E-state index in [4.69, 9.17) is 4.74 Å². The summed E-state index contributed by atoms with van der Waals surface area (Å²) < 4.78 is 5.73. The fourth-order valence-electron chi connectivity index (χ4n) is 2.56. The van der Waals surface area contributed by atoms with E-state index >= 15 is 0 Å². The molecule has 70 valence electrons. The van der Waals surface area contributed by atoms with Gasteiger partial charge in [-0.25, -0.2) is 0 Å². The van der Waals surface area contributed by atoms with E-state index in [1.165, 1.54) is 19.3 Å². The largest absolute Gasteiger partial charge is 0.378 e. The van der Waals surface area contributed by atoms with Crippen molar-refractivity contribution < 1.29 is 4.74 Å². The molecular formula is C12H16O. The molecule has 13 heavy (non-hydrogen) atoms. The van der Waals surface area contributed by atoms with Crippen LogP contribution in [0.3, 0.4) is 0 Å². The van der Waals surface area contributed by atoms with Crippen molar-refractivity contribution in [2.24, 2.45) is 11.8 Å². The molecule has 1 heteroatoms. The highest BCUT2D eigenvalue weighted by molar-refractivity contribution is 5.51. The Balaban J connectivity index is 1.68.